The van der Waals surface area contributed by atoms with Gasteiger partial charge in [-0.3, -0.25) is 0 Å². The minimum atomic E-state index is -0.0692. The van der Waals surface area contributed by atoms with E-state index in [1.165, 1.54) is 15.3 Å². The summed E-state index contributed by atoms with van der Waals surface area (Å²) >= 11 is 8.03. The van der Waals surface area contributed by atoms with Crippen molar-refractivity contribution in [3.63, 3.8) is 0 Å². The monoisotopic (exact) mass is 269 g/mol. The summed E-state index contributed by atoms with van der Waals surface area (Å²) in [6.07, 6.45) is 1.82. The Bertz CT molecular complexity index is 488. The van der Waals surface area contributed by atoms with Crippen molar-refractivity contribution in [2.45, 2.75) is 19.9 Å². The first-order valence-electron chi connectivity index (χ1n) is 5.43. The first-order valence-corrected chi connectivity index (χ1v) is 6.62. The third-order valence-electron chi connectivity index (χ3n) is 2.65. The molecule has 1 unspecified atom stereocenters. The number of thiophene rings is 1. The van der Waals surface area contributed by atoms with Gasteiger partial charge in [0.1, 0.15) is 6.04 Å². The lowest BCUT2D eigenvalue weighted by Crippen LogP contribution is -2.36. The summed E-state index contributed by atoms with van der Waals surface area (Å²) in [7, 11) is 3.92. The Labute approximate surface area is 111 Å². The van der Waals surface area contributed by atoms with E-state index in [-0.39, 0.29) is 6.04 Å². The van der Waals surface area contributed by atoms with Gasteiger partial charge in [0.2, 0.25) is 0 Å². The fourth-order valence-corrected chi connectivity index (χ4v) is 3.00. The maximum Gasteiger partial charge on any atom is 0.198 e. The van der Waals surface area contributed by atoms with Gasteiger partial charge < -0.3 is 10.2 Å². The van der Waals surface area contributed by atoms with E-state index in [0.29, 0.717) is 0 Å². The van der Waals surface area contributed by atoms with Crippen molar-refractivity contribution in [1.82, 2.24) is 10.2 Å². The van der Waals surface area contributed by atoms with Crippen LogP contribution in [0, 0.1) is 13.8 Å². The van der Waals surface area contributed by atoms with Crippen LogP contribution in [0.15, 0.2) is 22.3 Å². The van der Waals surface area contributed by atoms with Crippen molar-refractivity contribution in [2.24, 2.45) is 4.99 Å². The molecule has 2 rings (SSSR count). The summed E-state index contributed by atoms with van der Waals surface area (Å²) in [5, 5.41) is 3.81. The maximum atomic E-state index is 6.25. The number of aryl methyl sites for hydroxylation is 2. The highest BCUT2D eigenvalue weighted by molar-refractivity contribution is 7.12. The van der Waals surface area contributed by atoms with E-state index >= 15 is 0 Å². The van der Waals surface area contributed by atoms with Gasteiger partial charge in [0.25, 0.3) is 0 Å². The highest BCUT2D eigenvalue weighted by Gasteiger charge is 2.22. The second-order valence-electron chi connectivity index (χ2n) is 4.29. The quantitative estimate of drug-likeness (QED) is 0.849. The van der Waals surface area contributed by atoms with Crippen molar-refractivity contribution in [3.8, 4) is 0 Å². The third kappa shape index (κ3) is 2.48. The largest absolute Gasteiger partial charge is 0.349 e. The number of halogens is 1. The zero-order chi connectivity index (χ0) is 12.6. The summed E-state index contributed by atoms with van der Waals surface area (Å²) in [6.45, 7) is 4.22. The van der Waals surface area contributed by atoms with Crippen LogP contribution in [0.25, 0.3) is 0 Å². The minimum Gasteiger partial charge on any atom is -0.349 e. The molecule has 1 aliphatic rings. The van der Waals surface area contributed by atoms with Crippen LogP contribution in [-0.2, 0) is 0 Å². The molecular formula is C12H16ClN3S. The number of hydrogen-bond acceptors (Lipinski definition) is 4. The lowest BCUT2D eigenvalue weighted by atomic mass is 10.1. The summed E-state index contributed by atoms with van der Waals surface area (Å²) in [6, 6.07) is 2.10. The molecule has 0 aliphatic carbocycles. The van der Waals surface area contributed by atoms with Crippen molar-refractivity contribution >= 4 is 28.9 Å². The molecule has 0 spiro atoms. The molecular weight excluding hydrogens is 254 g/mol. The first kappa shape index (κ1) is 12.5. The smallest absolute Gasteiger partial charge is 0.198 e. The molecule has 1 aliphatic heterocycles. The Kier molecular flexibility index (Phi) is 3.45. The van der Waals surface area contributed by atoms with E-state index in [9.17, 15) is 0 Å². The van der Waals surface area contributed by atoms with Crippen LogP contribution < -0.4 is 5.32 Å². The van der Waals surface area contributed by atoms with Gasteiger partial charge in [-0.2, -0.15) is 0 Å². The van der Waals surface area contributed by atoms with Gasteiger partial charge in [0.15, 0.2) is 5.96 Å². The highest BCUT2D eigenvalue weighted by Crippen LogP contribution is 2.36. The van der Waals surface area contributed by atoms with Gasteiger partial charge in [-0.1, -0.05) is 11.6 Å². The third-order valence-corrected chi connectivity index (χ3v) is 3.95. The fraction of sp³-hybridized carbons (Fsp3) is 0.417. The molecule has 1 N–H and O–H groups in total. The zero-order valence-electron chi connectivity index (χ0n) is 10.4. The lowest BCUT2D eigenvalue weighted by molar-refractivity contribution is 0.585. The van der Waals surface area contributed by atoms with Crippen molar-refractivity contribution in [3.05, 3.63) is 32.6 Å². The second-order valence-corrected chi connectivity index (χ2v) is 6.19. The molecule has 0 fully saturated rings. The van der Waals surface area contributed by atoms with Gasteiger partial charge in [-0.15, -0.1) is 11.3 Å². The SMILES string of the molecule is Cc1cc(C2N=C(N(C)C)NC=C2Cl)c(C)s1. The Hall–Kier alpha value is -1.000. The molecule has 0 amide bonds. The van der Waals surface area contributed by atoms with Crippen LogP contribution in [0.5, 0.6) is 0 Å². The molecule has 0 bridgehead atoms. The molecule has 92 valence electrons. The van der Waals surface area contributed by atoms with Crippen LogP contribution in [0.2, 0.25) is 0 Å². The van der Waals surface area contributed by atoms with Gasteiger partial charge in [-0.25, -0.2) is 4.99 Å². The summed E-state index contributed by atoms with van der Waals surface area (Å²) in [5.74, 6) is 0.836. The van der Waals surface area contributed by atoms with Crippen molar-refractivity contribution in [1.29, 1.82) is 0 Å². The molecule has 0 saturated carbocycles. The van der Waals surface area contributed by atoms with Gasteiger partial charge in [0.05, 0.1) is 5.03 Å². The summed E-state index contributed by atoms with van der Waals surface area (Å²) in [4.78, 5) is 9.16. The maximum absolute atomic E-state index is 6.25. The number of hydrogen-bond donors (Lipinski definition) is 1. The number of rotatable bonds is 1. The van der Waals surface area contributed by atoms with Gasteiger partial charge >= 0.3 is 0 Å². The molecule has 0 radical (unpaired) electrons. The Morgan fingerprint density at radius 2 is 2.12 bits per heavy atom. The lowest BCUT2D eigenvalue weighted by Gasteiger charge is -2.23. The zero-order valence-corrected chi connectivity index (χ0v) is 12.0. The fourth-order valence-electron chi connectivity index (χ4n) is 1.82. The molecule has 1 aromatic rings. The Morgan fingerprint density at radius 3 is 2.65 bits per heavy atom. The first-order chi connectivity index (χ1) is 7.99. The van der Waals surface area contributed by atoms with Crippen LogP contribution in [-0.4, -0.2) is 25.0 Å². The highest BCUT2D eigenvalue weighted by atomic mass is 35.5. The van der Waals surface area contributed by atoms with Crippen molar-refractivity contribution < 1.29 is 0 Å². The van der Waals surface area contributed by atoms with E-state index < -0.39 is 0 Å². The molecule has 2 heterocycles. The van der Waals surface area contributed by atoms with Gasteiger partial charge in [-0.05, 0) is 25.5 Å². The molecule has 0 saturated heterocycles. The van der Waals surface area contributed by atoms with Crippen molar-refractivity contribution in [2.75, 3.05) is 14.1 Å². The second kappa shape index (κ2) is 4.70. The minimum absolute atomic E-state index is 0.0692. The average molecular weight is 270 g/mol. The number of aliphatic imine (C=N–C) groups is 1. The van der Waals surface area contributed by atoms with E-state index in [0.717, 1.165) is 11.0 Å². The van der Waals surface area contributed by atoms with E-state index in [1.807, 2.05) is 25.2 Å². The topological polar surface area (TPSA) is 27.6 Å². The molecule has 1 aromatic heterocycles. The molecule has 3 nitrogen and oxygen atoms in total. The average Bonchev–Trinajstić information content (AvgIpc) is 2.58. The summed E-state index contributed by atoms with van der Waals surface area (Å²) in [5.41, 5.74) is 1.20. The van der Waals surface area contributed by atoms with Crippen LogP contribution >= 0.6 is 22.9 Å². The summed E-state index contributed by atoms with van der Waals surface area (Å²) < 4.78 is 0. The standard InChI is InChI=1S/C12H16ClN3S/c1-7-5-9(8(2)17-7)11-10(13)6-14-12(15-11)16(3)4/h5-6,11H,1-4H3,(H,14,15). The Balaban J connectivity index is 2.39. The van der Waals surface area contributed by atoms with E-state index in [1.54, 1.807) is 11.3 Å². The van der Waals surface area contributed by atoms with Crippen LogP contribution in [0.1, 0.15) is 21.4 Å². The molecule has 1 atom stereocenters. The number of guanidine groups is 1. The van der Waals surface area contributed by atoms with E-state index in [2.05, 4.69) is 30.2 Å². The van der Waals surface area contributed by atoms with E-state index in [4.69, 9.17) is 11.6 Å². The number of nitrogens with one attached hydrogen (secondary N) is 1. The molecule has 17 heavy (non-hydrogen) atoms. The predicted molar refractivity (Wildman–Crippen MR) is 74.7 cm³/mol. The predicted octanol–water partition coefficient (Wildman–Crippen LogP) is 3.01. The molecule has 5 heteroatoms. The Morgan fingerprint density at radius 1 is 1.41 bits per heavy atom. The van der Waals surface area contributed by atoms with Gasteiger partial charge in [0, 0.05) is 30.0 Å². The molecule has 0 aromatic carbocycles. The number of nitrogens with zero attached hydrogens (tertiary/aromatic N) is 2. The normalized spacial score (nSPS) is 19.5. The van der Waals surface area contributed by atoms with Crippen LogP contribution in [0.4, 0.5) is 0 Å². The van der Waals surface area contributed by atoms with Crippen LogP contribution in [0.3, 0.4) is 0 Å².